The number of sulfone groups is 1. The van der Waals surface area contributed by atoms with Gasteiger partial charge in [-0.2, -0.15) is 0 Å². The maximum atomic E-state index is 12.6. The van der Waals surface area contributed by atoms with E-state index in [1.807, 2.05) is 0 Å². The number of nitrogens with two attached hydrogens (primary N) is 1. The SMILES string of the molecule is COCCCS(=O)(=O)C1CC(C(C)(C)C)CCC1CN. The molecule has 0 spiro atoms. The summed E-state index contributed by atoms with van der Waals surface area (Å²) in [5.74, 6) is 0.812. The first-order valence-electron chi connectivity index (χ1n) is 7.63. The van der Waals surface area contributed by atoms with Crippen LogP contribution in [0.3, 0.4) is 0 Å². The Labute approximate surface area is 124 Å². The molecule has 1 aliphatic carbocycles. The Morgan fingerprint density at radius 3 is 2.40 bits per heavy atom. The van der Waals surface area contributed by atoms with Gasteiger partial charge in [0.25, 0.3) is 0 Å². The smallest absolute Gasteiger partial charge is 0.153 e. The Morgan fingerprint density at radius 2 is 1.90 bits per heavy atom. The zero-order valence-corrected chi connectivity index (χ0v) is 14.2. The lowest BCUT2D eigenvalue weighted by atomic mass is 9.69. The highest BCUT2D eigenvalue weighted by molar-refractivity contribution is 7.92. The zero-order chi connectivity index (χ0) is 15.4. The van der Waals surface area contributed by atoms with E-state index in [2.05, 4.69) is 20.8 Å². The van der Waals surface area contributed by atoms with Crippen LogP contribution in [0.5, 0.6) is 0 Å². The van der Waals surface area contributed by atoms with Crippen LogP contribution in [0.2, 0.25) is 0 Å². The molecule has 1 saturated carbocycles. The van der Waals surface area contributed by atoms with Gasteiger partial charge in [0.1, 0.15) is 0 Å². The Kier molecular flexibility index (Phi) is 6.48. The van der Waals surface area contributed by atoms with E-state index in [9.17, 15) is 8.42 Å². The largest absolute Gasteiger partial charge is 0.385 e. The Bertz CT molecular complexity index is 386. The van der Waals surface area contributed by atoms with Crippen molar-refractivity contribution in [1.82, 2.24) is 0 Å². The van der Waals surface area contributed by atoms with E-state index < -0.39 is 9.84 Å². The normalized spacial score (nSPS) is 28.6. The number of ether oxygens (including phenoxy) is 1. The van der Waals surface area contributed by atoms with Gasteiger partial charge in [-0.3, -0.25) is 0 Å². The fourth-order valence-electron chi connectivity index (χ4n) is 3.24. The van der Waals surface area contributed by atoms with Gasteiger partial charge < -0.3 is 10.5 Å². The quantitative estimate of drug-likeness (QED) is 0.764. The molecule has 0 radical (unpaired) electrons. The minimum Gasteiger partial charge on any atom is -0.385 e. The Balaban J connectivity index is 2.80. The third-order valence-electron chi connectivity index (χ3n) is 4.69. The van der Waals surface area contributed by atoms with E-state index in [0.717, 1.165) is 19.3 Å². The summed E-state index contributed by atoms with van der Waals surface area (Å²) in [5.41, 5.74) is 5.98. The summed E-state index contributed by atoms with van der Waals surface area (Å²) in [6.07, 6.45) is 3.37. The van der Waals surface area contributed by atoms with E-state index in [1.54, 1.807) is 7.11 Å². The lowest BCUT2D eigenvalue weighted by molar-refractivity contribution is 0.154. The van der Waals surface area contributed by atoms with Crippen molar-refractivity contribution in [2.45, 2.75) is 51.7 Å². The molecule has 3 atom stereocenters. The lowest BCUT2D eigenvalue weighted by Gasteiger charge is -2.41. The van der Waals surface area contributed by atoms with Crippen LogP contribution in [0.25, 0.3) is 0 Å². The van der Waals surface area contributed by atoms with Crippen LogP contribution in [0.1, 0.15) is 46.5 Å². The fourth-order valence-corrected chi connectivity index (χ4v) is 5.43. The maximum absolute atomic E-state index is 12.6. The number of hydrogen-bond acceptors (Lipinski definition) is 4. The third-order valence-corrected chi connectivity index (χ3v) is 7.05. The molecule has 0 aromatic rings. The number of methoxy groups -OCH3 is 1. The van der Waals surface area contributed by atoms with Crippen molar-refractivity contribution >= 4 is 9.84 Å². The van der Waals surface area contributed by atoms with Crippen LogP contribution in [-0.2, 0) is 14.6 Å². The predicted molar refractivity (Wildman–Crippen MR) is 83.4 cm³/mol. The van der Waals surface area contributed by atoms with Gasteiger partial charge in [-0.15, -0.1) is 0 Å². The summed E-state index contributed by atoms with van der Waals surface area (Å²) >= 11 is 0. The average molecular weight is 305 g/mol. The summed E-state index contributed by atoms with van der Waals surface area (Å²) < 4.78 is 30.1. The van der Waals surface area contributed by atoms with Crippen LogP contribution in [0.15, 0.2) is 0 Å². The molecule has 4 nitrogen and oxygen atoms in total. The summed E-state index contributed by atoms with van der Waals surface area (Å²) in [7, 11) is -1.47. The standard InChI is InChI=1S/C15H31NO3S/c1-15(2,3)13-7-6-12(11-16)14(10-13)20(17,18)9-5-8-19-4/h12-14H,5-11,16H2,1-4H3. The van der Waals surface area contributed by atoms with Gasteiger partial charge >= 0.3 is 0 Å². The van der Waals surface area contributed by atoms with E-state index >= 15 is 0 Å². The van der Waals surface area contributed by atoms with Gasteiger partial charge in [0, 0.05) is 13.7 Å². The molecule has 1 fully saturated rings. The predicted octanol–water partition coefficient (Wildman–Crippen LogP) is 2.23. The first kappa shape index (κ1) is 17.9. The monoisotopic (exact) mass is 305 g/mol. The fraction of sp³-hybridized carbons (Fsp3) is 1.00. The van der Waals surface area contributed by atoms with Crippen LogP contribution in [-0.4, -0.2) is 39.7 Å². The molecule has 3 unspecified atom stereocenters. The topological polar surface area (TPSA) is 69.4 Å². The van der Waals surface area contributed by atoms with Gasteiger partial charge in [-0.1, -0.05) is 20.8 Å². The molecule has 20 heavy (non-hydrogen) atoms. The molecule has 0 saturated heterocycles. The van der Waals surface area contributed by atoms with Crippen LogP contribution in [0.4, 0.5) is 0 Å². The van der Waals surface area contributed by atoms with Gasteiger partial charge in [-0.05, 0) is 49.5 Å². The minimum absolute atomic E-state index is 0.126. The summed E-state index contributed by atoms with van der Waals surface area (Å²) in [4.78, 5) is 0. The number of hydrogen-bond donors (Lipinski definition) is 1. The van der Waals surface area contributed by atoms with Crippen molar-refractivity contribution < 1.29 is 13.2 Å². The molecule has 0 bridgehead atoms. The summed E-state index contributed by atoms with van der Waals surface area (Å²) in [6.45, 7) is 7.59. The summed E-state index contributed by atoms with van der Waals surface area (Å²) in [5, 5.41) is -0.262. The highest BCUT2D eigenvalue weighted by Crippen LogP contribution is 2.42. The number of rotatable bonds is 6. The van der Waals surface area contributed by atoms with Crippen LogP contribution >= 0.6 is 0 Å². The van der Waals surface area contributed by atoms with E-state index in [0.29, 0.717) is 25.5 Å². The van der Waals surface area contributed by atoms with Crippen LogP contribution in [0, 0.1) is 17.3 Å². The van der Waals surface area contributed by atoms with Crippen molar-refractivity contribution in [2.75, 3.05) is 26.0 Å². The second-order valence-corrected chi connectivity index (χ2v) is 9.46. The molecule has 5 heteroatoms. The van der Waals surface area contributed by atoms with Crippen molar-refractivity contribution in [1.29, 1.82) is 0 Å². The Hall–Kier alpha value is -0.130. The lowest BCUT2D eigenvalue weighted by Crippen LogP contribution is -2.43. The highest BCUT2D eigenvalue weighted by atomic mass is 32.2. The molecule has 1 rings (SSSR count). The molecule has 0 aromatic heterocycles. The first-order valence-corrected chi connectivity index (χ1v) is 9.34. The average Bonchev–Trinajstić information content (AvgIpc) is 2.37. The molecule has 0 aromatic carbocycles. The van der Waals surface area contributed by atoms with Crippen molar-refractivity contribution in [3.05, 3.63) is 0 Å². The van der Waals surface area contributed by atoms with E-state index in [1.165, 1.54) is 0 Å². The molecular weight excluding hydrogens is 274 g/mol. The van der Waals surface area contributed by atoms with Gasteiger partial charge in [0.2, 0.25) is 0 Å². The van der Waals surface area contributed by atoms with Crippen molar-refractivity contribution in [3.63, 3.8) is 0 Å². The van der Waals surface area contributed by atoms with Gasteiger partial charge in [0.15, 0.2) is 9.84 Å². The van der Waals surface area contributed by atoms with Crippen molar-refractivity contribution in [2.24, 2.45) is 23.0 Å². The second-order valence-electron chi connectivity index (χ2n) is 7.12. The summed E-state index contributed by atoms with van der Waals surface area (Å²) in [6, 6.07) is 0. The second kappa shape index (κ2) is 7.23. The van der Waals surface area contributed by atoms with E-state index in [4.69, 9.17) is 10.5 Å². The first-order chi connectivity index (χ1) is 9.22. The molecule has 2 N–H and O–H groups in total. The van der Waals surface area contributed by atoms with Crippen molar-refractivity contribution in [3.8, 4) is 0 Å². The molecule has 0 heterocycles. The molecular formula is C15H31NO3S. The van der Waals surface area contributed by atoms with Crippen LogP contribution < -0.4 is 5.73 Å². The van der Waals surface area contributed by atoms with Gasteiger partial charge in [0.05, 0.1) is 11.0 Å². The third kappa shape index (κ3) is 4.71. The van der Waals surface area contributed by atoms with E-state index in [-0.39, 0.29) is 22.3 Å². The maximum Gasteiger partial charge on any atom is 0.153 e. The van der Waals surface area contributed by atoms with Gasteiger partial charge in [-0.25, -0.2) is 8.42 Å². The molecule has 120 valence electrons. The minimum atomic E-state index is -3.07. The molecule has 0 amide bonds. The molecule has 0 aliphatic heterocycles. The zero-order valence-electron chi connectivity index (χ0n) is 13.4. The Morgan fingerprint density at radius 1 is 1.25 bits per heavy atom. The molecule has 1 aliphatic rings. The highest BCUT2D eigenvalue weighted by Gasteiger charge is 2.41.